The van der Waals surface area contributed by atoms with Crippen LogP contribution >= 0.6 is 0 Å². The first-order valence-electron chi connectivity index (χ1n) is 9.54. The summed E-state index contributed by atoms with van der Waals surface area (Å²) in [5.74, 6) is 3.30. The molecule has 0 spiro atoms. The van der Waals surface area contributed by atoms with E-state index in [0.29, 0.717) is 11.7 Å². The second-order valence-corrected chi connectivity index (χ2v) is 9.24. The summed E-state index contributed by atoms with van der Waals surface area (Å²) in [5.41, 5.74) is 1.92. The zero-order chi connectivity index (χ0) is 16.4. The van der Waals surface area contributed by atoms with Crippen LogP contribution < -0.4 is 0 Å². The quantitative estimate of drug-likeness (QED) is 0.638. The fourth-order valence-electron chi connectivity index (χ4n) is 7.15. The molecule has 2 heteroatoms. The molecule has 2 nitrogen and oxygen atoms in total. The maximum atomic E-state index is 12.0. The molecule has 0 bridgehead atoms. The highest BCUT2D eigenvalue weighted by atomic mass is 16.1. The minimum Gasteiger partial charge on any atom is -0.295 e. The lowest BCUT2D eigenvalue weighted by Crippen LogP contribution is -2.52. The maximum Gasteiger partial charge on any atom is 0.155 e. The van der Waals surface area contributed by atoms with E-state index in [4.69, 9.17) is 0 Å². The Morgan fingerprint density at radius 2 is 1.96 bits per heavy atom. The van der Waals surface area contributed by atoms with E-state index in [-0.39, 0.29) is 16.7 Å². The van der Waals surface area contributed by atoms with Crippen LogP contribution in [0, 0.1) is 51.8 Å². The third kappa shape index (κ3) is 1.89. The Kier molecular flexibility index (Phi) is 3.32. The zero-order valence-electron chi connectivity index (χ0n) is 14.8. The monoisotopic (exact) mass is 311 g/mol. The zero-order valence-corrected chi connectivity index (χ0v) is 14.8. The summed E-state index contributed by atoms with van der Waals surface area (Å²) in [5, 5.41) is 9.58. The number of fused-ring (bicyclic) bond motifs is 5. The van der Waals surface area contributed by atoms with E-state index in [9.17, 15) is 10.1 Å². The SMILES string of the molecule is C[C@H]1CC(=O)C=C2CC[C@H]3[C@@H]4CC[C@H](C#N)[C@@]4(C)CC[C@@H]3[C@]21C. The molecule has 0 amide bonds. The van der Waals surface area contributed by atoms with Gasteiger partial charge in [0.05, 0.1) is 12.0 Å². The van der Waals surface area contributed by atoms with Crippen LogP contribution in [0.5, 0.6) is 0 Å². The van der Waals surface area contributed by atoms with Crippen molar-refractivity contribution in [2.45, 2.75) is 65.7 Å². The van der Waals surface area contributed by atoms with Gasteiger partial charge in [-0.25, -0.2) is 0 Å². The summed E-state index contributed by atoms with van der Waals surface area (Å²) >= 11 is 0. The lowest BCUT2D eigenvalue weighted by molar-refractivity contribution is -0.120. The number of rotatable bonds is 0. The minimum absolute atomic E-state index is 0.225. The Hall–Kier alpha value is -1.10. The van der Waals surface area contributed by atoms with Gasteiger partial charge in [-0.2, -0.15) is 5.26 Å². The van der Waals surface area contributed by atoms with Gasteiger partial charge in [0.1, 0.15) is 0 Å². The third-order valence-corrected chi connectivity index (χ3v) is 8.67. The van der Waals surface area contributed by atoms with Gasteiger partial charge in [0.25, 0.3) is 0 Å². The fourth-order valence-corrected chi connectivity index (χ4v) is 7.15. The van der Waals surface area contributed by atoms with Crippen molar-refractivity contribution < 1.29 is 4.79 Å². The van der Waals surface area contributed by atoms with Crippen molar-refractivity contribution in [2.24, 2.45) is 40.4 Å². The molecule has 0 saturated heterocycles. The summed E-state index contributed by atoms with van der Waals surface area (Å²) in [6.45, 7) is 7.15. The van der Waals surface area contributed by atoms with Crippen molar-refractivity contribution in [3.63, 3.8) is 0 Å². The summed E-state index contributed by atoms with van der Waals surface area (Å²) in [6.07, 6.45) is 9.89. The summed E-state index contributed by atoms with van der Waals surface area (Å²) in [7, 11) is 0. The number of nitrogens with zero attached hydrogens (tertiary/aromatic N) is 1. The Bertz CT molecular complexity index is 614. The lowest BCUT2D eigenvalue weighted by atomic mass is 9.45. The van der Waals surface area contributed by atoms with Gasteiger partial charge in [-0.05, 0) is 79.1 Å². The number of carbonyl (C=O) groups is 1. The Morgan fingerprint density at radius 3 is 2.70 bits per heavy atom. The lowest BCUT2D eigenvalue weighted by Gasteiger charge is -2.59. The van der Waals surface area contributed by atoms with Crippen LogP contribution in [0.2, 0.25) is 0 Å². The summed E-state index contributed by atoms with van der Waals surface area (Å²) < 4.78 is 0. The minimum atomic E-state index is 0.225. The average Bonchev–Trinajstić information content (AvgIpc) is 2.85. The van der Waals surface area contributed by atoms with Gasteiger partial charge < -0.3 is 0 Å². The molecule has 0 radical (unpaired) electrons. The van der Waals surface area contributed by atoms with Crippen molar-refractivity contribution in [3.05, 3.63) is 11.6 Å². The molecule has 0 aromatic heterocycles. The van der Waals surface area contributed by atoms with E-state index < -0.39 is 0 Å². The maximum absolute atomic E-state index is 12.0. The molecule has 124 valence electrons. The molecule has 0 aromatic carbocycles. The molecule has 4 aliphatic rings. The molecule has 0 aliphatic heterocycles. The number of ketones is 1. The number of carbonyl (C=O) groups excluding carboxylic acids is 1. The van der Waals surface area contributed by atoms with Gasteiger partial charge in [0.2, 0.25) is 0 Å². The smallest absolute Gasteiger partial charge is 0.155 e. The first kappa shape index (κ1) is 15.4. The standard InChI is InChI=1S/C21H29NO/c1-13-10-16(23)11-14-4-6-17-18-7-5-15(12-22)20(18,2)9-8-19(17)21(13,14)3/h11,13,15,17-19H,4-10H2,1-3H3/t13-,15+,17-,18-,19-,20+,21-/m0/s1. The van der Waals surface area contributed by atoms with Crippen molar-refractivity contribution in [2.75, 3.05) is 0 Å². The van der Waals surface area contributed by atoms with Crippen molar-refractivity contribution >= 4 is 5.78 Å². The van der Waals surface area contributed by atoms with Crippen molar-refractivity contribution in [1.82, 2.24) is 0 Å². The third-order valence-electron chi connectivity index (χ3n) is 8.67. The summed E-state index contributed by atoms with van der Waals surface area (Å²) in [6, 6.07) is 2.62. The summed E-state index contributed by atoms with van der Waals surface area (Å²) in [4.78, 5) is 12.0. The van der Waals surface area contributed by atoms with Gasteiger partial charge in [-0.1, -0.05) is 26.3 Å². The van der Waals surface area contributed by atoms with Crippen molar-refractivity contribution in [1.29, 1.82) is 5.26 Å². The normalized spacial score (nSPS) is 52.0. The van der Waals surface area contributed by atoms with Gasteiger partial charge >= 0.3 is 0 Å². The molecule has 0 unspecified atom stereocenters. The van der Waals surface area contributed by atoms with Crippen LogP contribution in [0.4, 0.5) is 0 Å². The Labute approximate surface area is 140 Å². The molecule has 3 saturated carbocycles. The first-order chi connectivity index (χ1) is 10.9. The topological polar surface area (TPSA) is 40.9 Å². The van der Waals surface area contributed by atoms with E-state index in [1.54, 1.807) is 0 Å². The van der Waals surface area contributed by atoms with Gasteiger partial charge in [-0.3, -0.25) is 4.79 Å². The van der Waals surface area contributed by atoms with E-state index in [1.807, 2.05) is 6.08 Å². The first-order valence-corrected chi connectivity index (χ1v) is 9.54. The number of hydrogen-bond donors (Lipinski definition) is 0. The fraction of sp³-hybridized carbons (Fsp3) is 0.810. The Balaban J connectivity index is 1.71. The number of allylic oxidation sites excluding steroid dienone is 1. The van der Waals surface area contributed by atoms with Crippen LogP contribution in [-0.4, -0.2) is 5.78 Å². The van der Waals surface area contributed by atoms with Gasteiger partial charge in [-0.15, -0.1) is 0 Å². The molecule has 4 aliphatic carbocycles. The second kappa shape index (κ2) is 4.95. The van der Waals surface area contributed by atoms with E-state index >= 15 is 0 Å². The molecule has 0 heterocycles. The van der Waals surface area contributed by atoms with Crippen LogP contribution in [0.3, 0.4) is 0 Å². The molecule has 3 fully saturated rings. The van der Waals surface area contributed by atoms with Crippen LogP contribution in [-0.2, 0) is 4.79 Å². The molecular weight excluding hydrogens is 282 g/mol. The molecule has 23 heavy (non-hydrogen) atoms. The van der Waals surface area contributed by atoms with Gasteiger partial charge in [0.15, 0.2) is 5.78 Å². The van der Waals surface area contributed by atoms with E-state index in [1.165, 1.54) is 31.3 Å². The predicted octanol–water partition coefficient (Wildman–Crippen LogP) is 4.90. The molecule has 4 rings (SSSR count). The number of hydrogen-bond acceptors (Lipinski definition) is 2. The highest BCUT2D eigenvalue weighted by Gasteiger charge is 2.60. The average molecular weight is 311 g/mol. The molecule has 0 aromatic rings. The van der Waals surface area contributed by atoms with Crippen LogP contribution in [0.25, 0.3) is 0 Å². The van der Waals surface area contributed by atoms with Crippen LogP contribution in [0.1, 0.15) is 65.7 Å². The molecule has 7 atom stereocenters. The van der Waals surface area contributed by atoms with E-state index in [0.717, 1.165) is 37.0 Å². The number of nitriles is 1. The largest absolute Gasteiger partial charge is 0.295 e. The van der Waals surface area contributed by atoms with Gasteiger partial charge in [0, 0.05) is 6.42 Å². The second-order valence-electron chi connectivity index (χ2n) is 9.24. The van der Waals surface area contributed by atoms with Crippen LogP contribution in [0.15, 0.2) is 11.6 Å². The Morgan fingerprint density at radius 1 is 1.17 bits per heavy atom. The highest BCUT2D eigenvalue weighted by Crippen LogP contribution is 2.67. The van der Waals surface area contributed by atoms with E-state index in [2.05, 4.69) is 26.8 Å². The highest BCUT2D eigenvalue weighted by molar-refractivity contribution is 5.92. The molecular formula is C21H29NO. The predicted molar refractivity (Wildman–Crippen MR) is 90.4 cm³/mol. The van der Waals surface area contributed by atoms with Crippen molar-refractivity contribution in [3.8, 4) is 6.07 Å². The molecule has 0 N–H and O–H groups in total.